The van der Waals surface area contributed by atoms with Crippen molar-refractivity contribution in [3.05, 3.63) is 40.1 Å². The number of methoxy groups -OCH3 is 3. The molecule has 32 heavy (non-hydrogen) atoms. The van der Waals surface area contributed by atoms with Crippen LogP contribution in [0.5, 0.6) is 17.2 Å². The molecule has 0 unspecified atom stereocenters. The second kappa shape index (κ2) is 8.94. The van der Waals surface area contributed by atoms with Gasteiger partial charge in [-0.2, -0.15) is 0 Å². The zero-order chi connectivity index (χ0) is 22.8. The average molecular weight is 441 g/mol. The van der Waals surface area contributed by atoms with Crippen molar-refractivity contribution < 1.29 is 19.0 Å². The summed E-state index contributed by atoms with van der Waals surface area (Å²) in [5.41, 5.74) is 2.34. The zero-order valence-corrected chi connectivity index (χ0v) is 18.9. The monoisotopic (exact) mass is 440 g/mol. The normalized spacial score (nSPS) is 13.4. The quantitative estimate of drug-likeness (QED) is 0.633. The van der Waals surface area contributed by atoms with E-state index in [0.29, 0.717) is 40.5 Å². The maximum atomic E-state index is 13.3. The second-order valence-electron chi connectivity index (χ2n) is 7.86. The number of aromatic nitrogens is 3. The molecule has 0 saturated carbocycles. The topological polar surface area (TPSA) is 96.6 Å². The van der Waals surface area contributed by atoms with Crippen LogP contribution in [0.4, 0.5) is 5.69 Å². The molecule has 0 radical (unpaired) electrons. The van der Waals surface area contributed by atoms with Crippen molar-refractivity contribution in [1.29, 1.82) is 0 Å². The van der Waals surface area contributed by atoms with E-state index in [-0.39, 0.29) is 18.0 Å². The molecule has 1 aliphatic heterocycles. The lowest BCUT2D eigenvalue weighted by Crippen LogP contribution is -2.28. The third kappa shape index (κ3) is 3.90. The minimum Gasteiger partial charge on any atom is -0.493 e. The second-order valence-corrected chi connectivity index (χ2v) is 7.86. The predicted octanol–water partition coefficient (Wildman–Crippen LogP) is 2.90. The lowest BCUT2D eigenvalue weighted by atomic mass is 10.2. The number of hydrogen-bond donors (Lipinski definition) is 1. The molecule has 0 bridgehead atoms. The molecular formula is C23H28N4O5. The summed E-state index contributed by atoms with van der Waals surface area (Å²) >= 11 is 0. The number of carbonyl (C=O) groups is 1. The van der Waals surface area contributed by atoms with Gasteiger partial charge in [0.05, 0.1) is 26.8 Å². The van der Waals surface area contributed by atoms with Gasteiger partial charge >= 0.3 is 0 Å². The predicted molar refractivity (Wildman–Crippen MR) is 121 cm³/mol. The maximum absolute atomic E-state index is 13.3. The fraction of sp³-hybridized carbons (Fsp3) is 0.435. The van der Waals surface area contributed by atoms with Gasteiger partial charge in [0.25, 0.3) is 5.56 Å². The van der Waals surface area contributed by atoms with Crippen LogP contribution in [0.1, 0.15) is 30.8 Å². The Morgan fingerprint density at radius 3 is 2.44 bits per heavy atom. The number of fused-ring (bicyclic) bond motifs is 2. The van der Waals surface area contributed by atoms with E-state index in [2.05, 4.69) is 5.32 Å². The highest BCUT2D eigenvalue weighted by atomic mass is 16.5. The number of rotatable bonds is 6. The fourth-order valence-electron chi connectivity index (χ4n) is 4.27. The van der Waals surface area contributed by atoms with Gasteiger partial charge in [-0.3, -0.25) is 14.2 Å². The Bertz CT molecular complexity index is 1200. The summed E-state index contributed by atoms with van der Waals surface area (Å²) in [4.78, 5) is 30.9. The van der Waals surface area contributed by atoms with E-state index in [0.717, 1.165) is 37.2 Å². The first kappa shape index (κ1) is 21.7. The molecule has 9 heteroatoms. The van der Waals surface area contributed by atoms with Gasteiger partial charge in [-0.05, 0) is 25.8 Å². The van der Waals surface area contributed by atoms with Gasteiger partial charge in [0.2, 0.25) is 11.7 Å². The van der Waals surface area contributed by atoms with Crippen molar-refractivity contribution >= 4 is 22.6 Å². The third-order valence-electron chi connectivity index (χ3n) is 5.83. The van der Waals surface area contributed by atoms with Crippen molar-refractivity contribution in [1.82, 2.24) is 14.1 Å². The minimum absolute atomic E-state index is 0.0116. The van der Waals surface area contributed by atoms with E-state index >= 15 is 0 Å². The van der Waals surface area contributed by atoms with Gasteiger partial charge in [0.1, 0.15) is 17.9 Å². The molecule has 0 atom stereocenters. The first-order chi connectivity index (χ1) is 15.5. The molecule has 3 aromatic rings. The fourth-order valence-corrected chi connectivity index (χ4v) is 4.27. The smallest absolute Gasteiger partial charge is 0.278 e. The Balaban J connectivity index is 1.66. The van der Waals surface area contributed by atoms with Crippen LogP contribution in [-0.2, 0) is 24.3 Å². The zero-order valence-electron chi connectivity index (χ0n) is 18.9. The van der Waals surface area contributed by atoms with E-state index in [9.17, 15) is 9.59 Å². The number of carbonyl (C=O) groups excluding carboxylic acids is 1. The van der Waals surface area contributed by atoms with Crippen molar-refractivity contribution in [3.63, 3.8) is 0 Å². The molecule has 1 aromatic carbocycles. The number of amides is 1. The van der Waals surface area contributed by atoms with E-state index in [1.54, 1.807) is 21.3 Å². The molecule has 0 fully saturated rings. The molecule has 0 saturated heterocycles. The van der Waals surface area contributed by atoms with E-state index < -0.39 is 0 Å². The van der Waals surface area contributed by atoms with Crippen molar-refractivity contribution in [3.8, 4) is 17.2 Å². The van der Waals surface area contributed by atoms with Crippen LogP contribution in [0.15, 0.2) is 23.0 Å². The molecule has 1 N–H and O–H groups in total. The van der Waals surface area contributed by atoms with Gasteiger partial charge in [-0.25, -0.2) is 4.98 Å². The SMILES string of the molecule is COc1cc(NC(=O)Cn2c(C)cc3nc4n(c(=O)c32)CCCCC4)cc(OC)c1OC. The molecule has 3 heterocycles. The Morgan fingerprint density at radius 1 is 1.06 bits per heavy atom. The first-order valence-electron chi connectivity index (χ1n) is 10.7. The number of anilines is 1. The summed E-state index contributed by atoms with van der Waals surface area (Å²) in [6.07, 6.45) is 3.89. The first-order valence-corrected chi connectivity index (χ1v) is 10.7. The minimum atomic E-state index is -0.279. The van der Waals surface area contributed by atoms with E-state index in [4.69, 9.17) is 19.2 Å². The van der Waals surface area contributed by atoms with Gasteiger partial charge in [-0.15, -0.1) is 0 Å². The van der Waals surface area contributed by atoms with E-state index in [1.165, 1.54) is 21.3 Å². The van der Waals surface area contributed by atoms with Gasteiger partial charge in [0, 0.05) is 36.5 Å². The molecule has 170 valence electrons. The lowest BCUT2D eigenvalue weighted by molar-refractivity contribution is -0.116. The van der Waals surface area contributed by atoms with Gasteiger partial charge in [-0.1, -0.05) is 6.42 Å². The summed E-state index contributed by atoms with van der Waals surface area (Å²) in [5.74, 6) is 1.88. The van der Waals surface area contributed by atoms with Crippen molar-refractivity contribution in [2.24, 2.45) is 0 Å². The third-order valence-corrected chi connectivity index (χ3v) is 5.83. The Morgan fingerprint density at radius 2 is 1.78 bits per heavy atom. The van der Waals surface area contributed by atoms with Gasteiger partial charge < -0.3 is 24.1 Å². The Hall–Kier alpha value is -3.49. The van der Waals surface area contributed by atoms with Crippen LogP contribution < -0.4 is 25.1 Å². The average Bonchev–Trinajstić information content (AvgIpc) is 2.93. The molecular weight excluding hydrogens is 412 g/mol. The van der Waals surface area contributed by atoms with Crippen LogP contribution in [0.2, 0.25) is 0 Å². The highest BCUT2D eigenvalue weighted by Crippen LogP contribution is 2.39. The molecule has 4 rings (SSSR count). The maximum Gasteiger partial charge on any atom is 0.278 e. The number of ether oxygens (including phenoxy) is 3. The number of nitrogens with zero attached hydrogens (tertiary/aromatic N) is 3. The van der Waals surface area contributed by atoms with Crippen LogP contribution in [0.3, 0.4) is 0 Å². The van der Waals surface area contributed by atoms with Crippen molar-refractivity contribution in [2.75, 3.05) is 26.6 Å². The molecule has 0 aliphatic carbocycles. The number of aryl methyl sites for hydroxylation is 2. The van der Waals surface area contributed by atoms with Crippen LogP contribution in [0, 0.1) is 6.92 Å². The molecule has 9 nitrogen and oxygen atoms in total. The summed E-state index contributed by atoms with van der Waals surface area (Å²) in [6.45, 7) is 2.53. The largest absolute Gasteiger partial charge is 0.493 e. The highest BCUT2D eigenvalue weighted by Gasteiger charge is 2.20. The van der Waals surface area contributed by atoms with E-state index in [1.807, 2.05) is 13.0 Å². The molecule has 1 amide bonds. The molecule has 1 aliphatic rings. The molecule has 0 spiro atoms. The summed E-state index contributed by atoms with van der Waals surface area (Å²) in [7, 11) is 4.55. The summed E-state index contributed by atoms with van der Waals surface area (Å²) < 4.78 is 19.5. The number of hydrogen-bond acceptors (Lipinski definition) is 6. The van der Waals surface area contributed by atoms with Crippen molar-refractivity contribution in [2.45, 2.75) is 45.7 Å². The highest BCUT2D eigenvalue weighted by molar-refractivity contribution is 5.92. The summed E-state index contributed by atoms with van der Waals surface area (Å²) in [5, 5.41) is 2.86. The molecule has 2 aromatic heterocycles. The van der Waals surface area contributed by atoms with Gasteiger partial charge in [0.15, 0.2) is 11.5 Å². The van der Waals surface area contributed by atoms with Crippen LogP contribution in [-0.4, -0.2) is 41.4 Å². The standard InChI is InChI=1S/C23H28N4O5/c1-14-10-16-21(23(29)26-9-7-5-6-8-19(26)25-16)27(14)13-20(28)24-15-11-17(30-2)22(32-4)18(12-15)31-3/h10-12H,5-9,13H2,1-4H3,(H,24,28). The summed E-state index contributed by atoms with van der Waals surface area (Å²) in [6, 6.07) is 5.20. The van der Waals surface area contributed by atoms with Crippen LogP contribution >= 0.6 is 0 Å². The Labute approximate surface area is 185 Å². The number of benzene rings is 1. The Kier molecular flexibility index (Phi) is 6.07. The van der Waals surface area contributed by atoms with Crippen LogP contribution in [0.25, 0.3) is 11.0 Å². The lowest BCUT2D eigenvalue weighted by Gasteiger charge is -2.15. The number of nitrogens with one attached hydrogen (secondary N) is 1.